The normalized spacial score (nSPS) is 49.6. The van der Waals surface area contributed by atoms with Crippen LogP contribution in [0.4, 0.5) is 0 Å². The summed E-state index contributed by atoms with van der Waals surface area (Å²) in [6.45, 7) is 18.0. The van der Waals surface area contributed by atoms with Gasteiger partial charge < -0.3 is 63.8 Å². The van der Waals surface area contributed by atoms with Crippen LogP contribution in [0.5, 0.6) is 0 Å². The molecule has 5 N–H and O–H groups in total. The van der Waals surface area contributed by atoms with Crippen molar-refractivity contribution in [3.05, 3.63) is 0 Å². The lowest BCUT2D eigenvalue weighted by atomic mass is 9.77. The Balaban J connectivity index is 2.17. The van der Waals surface area contributed by atoms with Crippen molar-refractivity contribution in [3.63, 3.8) is 0 Å². The molecule has 9 unspecified atom stereocenters. The van der Waals surface area contributed by atoms with Crippen LogP contribution in [-0.2, 0) is 33.2 Å². The third kappa shape index (κ3) is 10.0. The number of hydrogen-bond acceptors (Lipinski definition) is 14. The molecule has 18 atom stereocenters. The van der Waals surface area contributed by atoms with Gasteiger partial charge in [-0.25, -0.2) is 0 Å². The van der Waals surface area contributed by atoms with Crippen molar-refractivity contribution in [2.24, 2.45) is 17.8 Å². The highest BCUT2D eigenvalue weighted by molar-refractivity contribution is 5.73. The van der Waals surface area contributed by atoms with Crippen molar-refractivity contribution in [2.75, 3.05) is 34.8 Å². The Bertz CT molecular complexity index is 1140. The minimum Gasteiger partial charge on any atom is -0.459 e. The van der Waals surface area contributed by atoms with Gasteiger partial charge >= 0.3 is 5.97 Å². The zero-order valence-corrected chi connectivity index (χ0v) is 34.2. The molecule has 0 aromatic heterocycles. The Kier molecular flexibility index (Phi) is 15.6. The second-order valence-corrected chi connectivity index (χ2v) is 17.2. The van der Waals surface area contributed by atoms with Crippen LogP contribution in [0, 0.1) is 17.8 Å². The zero-order chi connectivity index (χ0) is 39.7. The van der Waals surface area contributed by atoms with Gasteiger partial charge in [0.15, 0.2) is 12.6 Å². The van der Waals surface area contributed by atoms with E-state index in [9.17, 15) is 30.3 Å². The number of cyclic esters (lactones) is 1. The first-order valence-corrected chi connectivity index (χ1v) is 19.1. The molecule has 306 valence electrons. The molecule has 0 bridgehead atoms. The lowest BCUT2D eigenvalue weighted by molar-refractivity contribution is -0.318. The van der Waals surface area contributed by atoms with E-state index in [4.69, 9.17) is 28.4 Å². The molecule has 3 rings (SSSR count). The monoisotopic (exact) mass is 749 g/mol. The number of esters is 1. The molecule has 3 heterocycles. The Morgan fingerprint density at radius 1 is 0.942 bits per heavy atom. The molecular formula is C38H72N2O12. The third-order valence-corrected chi connectivity index (χ3v) is 12.2. The predicted octanol–water partition coefficient (Wildman–Crippen LogP) is 1.90. The first kappa shape index (κ1) is 45.4. The van der Waals surface area contributed by atoms with E-state index in [1.165, 1.54) is 14.0 Å². The van der Waals surface area contributed by atoms with Crippen LogP contribution in [0.3, 0.4) is 0 Å². The highest BCUT2D eigenvalue weighted by atomic mass is 16.7. The Hall–Kier alpha value is -1.01. The number of aliphatic hydroxyl groups excluding tert-OH is 3. The number of nitrogens with zero attached hydrogens (tertiary/aromatic N) is 2. The first-order valence-electron chi connectivity index (χ1n) is 19.1. The quantitative estimate of drug-likeness (QED) is 0.238. The molecule has 3 saturated heterocycles. The number of carbonyl (C=O) groups is 1. The molecule has 0 aromatic carbocycles. The maximum absolute atomic E-state index is 14.2. The maximum Gasteiger partial charge on any atom is 0.311 e. The molecule has 0 aromatic rings. The molecular weight excluding hydrogens is 676 g/mol. The van der Waals surface area contributed by atoms with E-state index < -0.39 is 96.0 Å². The summed E-state index contributed by atoms with van der Waals surface area (Å²) in [5, 5.41) is 58.1. The number of aliphatic hydroxyl groups is 5. The van der Waals surface area contributed by atoms with Gasteiger partial charge in [0.25, 0.3) is 0 Å². The van der Waals surface area contributed by atoms with Crippen molar-refractivity contribution >= 4 is 5.97 Å². The zero-order valence-electron chi connectivity index (χ0n) is 34.2. The molecule has 52 heavy (non-hydrogen) atoms. The van der Waals surface area contributed by atoms with E-state index in [2.05, 4.69) is 0 Å². The van der Waals surface area contributed by atoms with Crippen molar-refractivity contribution in [1.82, 2.24) is 9.80 Å². The second-order valence-electron chi connectivity index (χ2n) is 17.2. The fourth-order valence-electron chi connectivity index (χ4n) is 8.74. The predicted molar refractivity (Wildman–Crippen MR) is 194 cm³/mol. The van der Waals surface area contributed by atoms with Gasteiger partial charge in [-0.1, -0.05) is 20.8 Å². The van der Waals surface area contributed by atoms with Gasteiger partial charge in [-0.05, 0) is 94.8 Å². The summed E-state index contributed by atoms with van der Waals surface area (Å²) in [6, 6.07) is -0.808. The van der Waals surface area contributed by atoms with Crippen LogP contribution < -0.4 is 0 Å². The average molecular weight is 749 g/mol. The van der Waals surface area contributed by atoms with Crippen LogP contribution in [0.1, 0.15) is 94.9 Å². The van der Waals surface area contributed by atoms with Crippen molar-refractivity contribution in [3.8, 4) is 0 Å². The number of hydrogen-bond donors (Lipinski definition) is 5. The van der Waals surface area contributed by atoms with Gasteiger partial charge in [-0.3, -0.25) is 4.79 Å². The Morgan fingerprint density at radius 3 is 2.12 bits per heavy atom. The van der Waals surface area contributed by atoms with E-state index >= 15 is 0 Å². The van der Waals surface area contributed by atoms with Crippen molar-refractivity contribution in [2.45, 2.75) is 185 Å². The number of methoxy groups -OCH3 is 1. The largest absolute Gasteiger partial charge is 0.459 e. The van der Waals surface area contributed by atoms with Crippen molar-refractivity contribution in [1.29, 1.82) is 0 Å². The molecule has 14 nitrogen and oxygen atoms in total. The topological polar surface area (TPSA) is 180 Å². The third-order valence-electron chi connectivity index (χ3n) is 12.2. The Labute approximate surface area is 312 Å². The minimum atomic E-state index is -1.80. The first-order chi connectivity index (χ1) is 23.9. The molecule has 0 saturated carbocycles. The summed E-state index contributed by atoms with van der Waals surface area (Å²) in [7, 11) is 7.12. The molecule has 0 aliphatic carbocycles. The standard InChI is InChI=1S/C38H72N2O12/c1-15-27-38(10,46)31(42)24(6)40(13)19-20(2)17-36(8,45)33(52-35-29(41)26(39(11)12)16-21(3)48-35)22(4)30(23(5)34(44)50-27)51-28-18-37(9,47-14)32(43)25(7)49-28/h20-33,35,41-43,45-46H,15-19H2,1-14H3/t20-,21?,22+,23-,24-,25?,26?,27-,28?,29?,30+,31?,32?,33-,35?,36-,37?,38-/m1/s1. The number of likely N-dealkylation sites (N-methyl/N-ethyl adjacent to an activating group) is 2. The Morgan fingerprint density at radius 2 is 1.56 bits per heavy atom. The van der Waals surface area contributed by atoms with Crippen LogP contribution in [-0.4, -0.2) is 166 Å². The van der Waals surface area contributed by atoms with E-state index in [1.54, 1.807) is 41.5 Å². The smallest absolute Gasteiger partial charge is 0.311 e. The summed E-state index contributed by atoms with van der Waals surface area (Å²) < 4.78 is 37.5. The molecule has 14 heteroatoms. The van der Waals surface area contributed by atoms with E-state index in [1.807, 2.05) is 51.7 Å². The van der Waals surface area contributed by atoms with Crippen molar-refractivity contribution < 1.29 is 58.7 Å². The van der Waals surface area contributed by atoms with E-state index in [0.29, 0.717) is 13.0 Å². The van der Waals surface area contributed by atoms with Gasteiger partial charge in [0.05, 0.1) is 41.5 Å². The second kappa shape index (κ2) is 17.8. The maximum atomic E-state index is 14.2. The van der Waals surface area contributed by atoms with Gasteiger partial charge in [-0.15, -0.1) is 0 Å². The van der Waals surface area contributed by atoms with E-state index in [-0.39, 0.29) is 37.3 Å². The number of carbonyl (C=O) groups excluding carboxylic acids is 1. The minimum absolute atomic E-state index is 0.133. The lowest BCUT2D eigenvalue weighted by Gasteiger charge is -2.48. The van der Waals surface area contributed by atoms with Gasteiger partial charge in [0.1, 0.15) is 30.0 Å². The number of ether oxygens (including phenoxy) is 6. The SMILES string of the molecule is CC[C@H]1OC(=O)[C@H](C)[C@@H](OC2CC(C)(OC)C(O)C(C)O2)[C@H](C)[C@@H](OC2OC(C)CC(N(C)C)C2O)[C@](C)(O)C[C@@H](C)CN(C)[C@H](C)C(O)[C@]1(C)O. The van der Waals surface area contributed by atoms with Gasteiger partial charge in [-0.2, -0.15) is 0 Å². The molecule has 3 aliphatic rings. The fraction of sp³-hybridized carbons (Fsp3) is 0.974. The molecule has 0 spiro atoms. The van der Waals surface area contributed by atoms with Crippen LogP contribution >= 0.6 is 0 Å². The summed E-state index contributed by atoms with van der Waals surface area (Å²) in [6.07, 6.45) is -8.19. The van der Waals surface area contributed by atoms with Crippen LogP contribution in [0.15, 0.2) is 0 Å². The summed E-state index contributed by atoms with van der Waals surface area (Å²) >= 11 is 0. The molecule has 0 radical (unpaired) electrons. The summed E-state index contributed by atoms with van der Waals surface area (Å²) in [5.74, 6) is -2.58. The van der Waals surface area contributed by atoms with Crippen LogP contribution in [0.2, 0.25) is 0 Å². The summed E-state index contributed by atoms with van der Waals surface area (Å²) in [5.41, 5.74) is -4.37. The van der Waals surface area contributed by atoms with Gasteiger partial charge in [0, 0.05) is 38.1 Å². The summed E-state index contributed by atoms with van der Waals surface area (Å²) in [4.78, 5) is 18.0. The average Bonchev–Trinajstić information content (AvgIpc) is 3.05. The molecule has 3 aliphatic heterocycles. The highest BCUT2D eigenvalue weighted by Crippen LogP contribution is 2.40. The number of rotatable bonds is 7. The molecule has 0 amide bonds. The van der Waals surface area contributed by atoms with Crippen LogP contribution in [0.25, 0.3) is 0 Å². The lowest BCUT2D eigenvalue weighted by Crippen LogP contribution is -2.60. The fourth-order valence-corrected chi connectivity index (χ4v) is 8.74. The molecule has 3 fully saturated rings. The van der Waals surface area contributed by atoms with Gasteiger partial charge in [0.2, 0.25) is 0 Å². The van der Waals surface area contributed by atoms with E-state index in [0.717, 1.165) is 0 Å². The highest BCUT2D eigenvalue weighted by Gasteiger charge is 2.52.